The van der Waals surface area contributed by atoms with Gasteiger partial charge in [-0.25, -0.2) is 29.3 Å². The molecule has 2 saturated heterocycles. The first-order valence-electron chi connectivity index (χ1n) is 34.8. The number of benzene rings is 15. The Morgan fingerprint density at radius 3 is 1.19 bits per heavy atom. The zero-order valence-corrected chi connectivity index (χ0v) is 53.7. The fourth-order valence-electron chi connectivity index (χ4n) is 29.1. The maximum atomic E-state index is 17.2. The van der Waals surface area contributed by atoms with Crippen LogP contribution in [0.4, 0.5) is 5.69 Å². The van der Waals surface area contributed by atoms with Gasteiger partial charge in [0.1, 0.15) is 11.3 Å². The average Bonchev–Trinajstić information content (AvgIpc) is 1.33. The lowest BCUT2D eigenvalue weighted by Crippen LogP contribution is -2.87. The lowest BCUT2D eigenvalue weighted by atomic mass is 9.38. The molecule has 2 N–H and O–H groups in total. The molecule has 0 radical (unpaired) electrons. The summed E-state index contributed by atoms with van der Waals surface area (Å²) in [6, 6.07) is 8.25. The third-order valence-electron chi connectivity index (χ3n) is 29.4. The number of epoxide rings is 2. The molecule has 0 unspecified atom stereocenters. The summed E-state index contributed by atoms with van der Waals surface area (Å²) in [4.78, 5) is 47.1. The lowest BCUT2D eigenvalue weighted by Gasteiger charge is -2.68. The van der Waals surface area contributed by atoms with Crippen LogP contribution in [0.1, 0.15) is 139 Å². The largest absolute Gasteiger partial charge is 0.497 e. The van der Waals surface area contributed by atoms with Gasteiger partial charge in [0.15, 0.2) is 33.8 Å². The van der Waals surface area contributed by atoms with Gasteiger partial charge in [-0.15, -0.1) is 0 Å². The minimum absolute atomic E-state index is 0.346. The van der Waals surface area contributed by atoms with Crippen LogP contribution in [0, 0.1) is 0 Å². The zero-order valence-electron chi connectivity index (χ0n) is 53.7. The van der Waals surface area contributed by atoms with Crippen LogP contribution in [0.25, 0.3) is 205 Å². The van der Waals surface area contributed by atoms with Gasteiger partial charge in [-0.1, -0.05) is 0 Å². The van der Waals surface area contributed by atoms with Crippen LogP contribution in [0.15, 0.2) is 35.6 Å². The predicted molar refractivity (Wildman–Crippen MR) is 362 cm³/mol. The van der Waals surface area contributed by atoms with Crippen molar-refractivity contribution in [2.45, 2.75) is 162 Å². The van der Waals surface area contributed by atoms with Gasteiger partial charge in [-0.3, -0.25) is 0 Å². The predicted octanol–water partition coefficient (Wildman–Crippen LogP) is 17.3. The molecule has 96 heavy (non-hydrogen) atoms. The lowest BCUT2D eigenvalue weighted by molar-refractivity contribution is -0.469. The number of nitrogens with one attached hydrogen (secondary N) is 1. The molecule has 3 heterocycles. The molecule has 21 aromatic rings. The molecule has 3 aliphatic heterocycles. The van der Waals surface area contributed by atoms with Gasteiger partial charge in [0.25, 0.3) is 5.79 Å². The third-order valence-corrected chi connectivity index (χ3v) is 29.4. The van der Waals surface area contributed by atoms with E-state index in [1.54, 1.807) is 7.11 Å². The molecule has 1 saturated carbocycles. The number of fused-ring (bicyclic) bond motifs is 5. The van der Waals surface area contributed by atoms with Crippen molar-refractivity contribution in [2.24, 2.45) is 0 Å². The number of hydrogen-bond donors (Lipinski definition) is 2. The second kappa shape index (κ2) is 10.4. The number of aliphatic hydroxyl groups is 1. The second-order valence-corrected chi connectivity index (χ2v) is 36.8. The Morgan fingerprint density at radius 1 is 0.354 bits per heavy atom. The minimum atomic E-state index is -2.64. The normalized spacial score (nSPS) is 34.6. The summed E-state index contributed by atoms with van der Waals surface area (Å²) in [7, 11) is 1.71. The molecule has 21 aromatic carbocycles. The van der Waals surface area contributed by atoms with E-state index < -0.39 is 78.5 Å². The van der Waals surface area contributed by atoms with Gasteiger partial charge in [0.05, 0.1) is 29.5 Å². The van der Waals surface area contributed by atoms with Crippen molar-refractivity contribution in [3.8, 4) is 5.75 Å². The van der Waals surface area contributed by atoms with Gasteiger partial charge in [-0.05, 0) is 312 Å². The number of ether oxygens (including phenoxy) is 5. The Hall–Kier alpha value is -8.28. The van der Waals surface area contributed by atoms with Crippen LogP contribution in [0.3, 0.4) is 0 Å². The fourth-order valence-corrected chi connectivity index (χ4v) is 29.1. The summed E-state index contributed by atoms with van der Waals surface area (Å²) in [6.07, 6.45) is 0. The van der Waals surface area contributed by atoms with Crippen LogP contribution in [-0.4, -0.2) is 51.5 Å². The van der Waals surface area contributed by atoms with E-state index in [1.165, 1.54) is 178 Å². The van der Waals surface area contributed by atoms with Gasteiger partial charge in [0, 0.05) is 66.9 Å². The summed E-state index contributed by atoms with van der Waals surface area (Å²) >= 11 is 0. The summed E-state index contributed by atoms with van der Waals surface area (Å²) in [6.45, 7) is 25.2. The molecule has 0 amide bonds. The van der Waals surface area contributed by atoms with Crippen molar-refractivity contribution in [1.29, 1.82) is 0 Å². The Kier molecular flexibility index (Phi) is 4.90. The highest BCUT2D eigenvalue weighted by molar-refractivity contribution is 6.76. The number of hydrogen-bond acceptors (Lipinski definition) is 13. The molecule has 13 nitrogen and oxygen atoms in total. The summed E-state index contributed by atoms with van der Waals surface area (Å²) in [5, 5.41) is 70.7. The van der Waals surface area contributed by atoms with E-state index in [1.807, 2.05) is 32.9 Å². The van der Waals surface area contributed by atoms with E-state index in [4.69, 9.17) is 53.0 Å². The Balaban J connectivity index is 0.999. The molecule has 0 aromatic heterocycles. The van der Waals surface area contributed by atoms with Crippen LogP contribution in [0.5, 0.6) is 5.75 Å². The molecule has 13 aliphatic rings. The molecule has 454 valence electrons. The van der Waals surface area contributed by atoms with Gasteiger partial charge >= 0.3 is 0 Å². The maximum absolute atomic E-state index is 17.2. The molecule has 0 bridgehead atoms. The molecule has 3 fully saturated rings. The van der Waals surface area contributed by atoms with Gasteiger partial charge in [0.2, 0.25) is 16.8 Å². The van der Waals surface area contributed by atoms with E-state index in [-0.39, 0.29) is 0 Å². The van der Waals surface area contributed by atoms with E-state index in [9.17, 15) is 0 Å². The van der Waals surface area contributed by atoms with Crippen molar-refractivity contribution in [3.05, 3.63) is 91.2 Å². The topological polar surface area (TPSA) is 140 Å². The first-order chi connectivity index (χ1) is 45.9. The molecule has 34 rings (SSSR count). The SMILES string of the molecule is COc1ccc(N[C@]23C4=C5O[C@]6(O)[C@@]7(OOC(C)(C)C)c8c9c%10c%11c%12c%13c%14c%15c(c%16c%17c%18c(c%19c%20c%21c(c7c7c8c8c%10c%10c%12c%12c%13c%13c%15c%17c%15c%17c%18c%20c%18c%20c%21c7c7c8c%10c8c%12c(c%13%15)c(c%17%18)c8c7%20)[C@]5%19OOC(C)(C)C)[C@]4%16OOC(C)(C)C)[C@]24O[C@@]%144[C@]%11(OC(C)(C)C)[C@@]92O[C@]632)cc1. The van der Waals surface area contributed by atoms with E-state index in [0.717, 1.165) is 88.1 Å². The highest BCUT2D eigenvalue weighted by atomic mass is 17.2. The summed E-state index contributed by atoms with van der Waals surface area (Å²) in [5.41, 5.74) is -8.21. The van der Waals surface area contributed by atoms with Crippen molar-refractivity contribution in [2.75, 3.05) is 12.4 Å². The van der Waals surface area contributed by atoms with Crippen LogP contribution < -0.4 is 10.1 Å². The van der Waals surface area contributed by atoms with Crippen molar-refractivity contribution in [3.63, 3.8) is 0 Å². The van der Waals surface area contributed by atoms with Crippen LogP contribution in [0.2, 0.25) is 0 Å². The minimum Gasteiger partial charge on any atom is -0.497 e. The van der Waals surface area contributed by atoms with Crippen LogP contribution >= 0.6 is 0 Å². The third kappa shape index (κ3) is 2.78. The first-order valence-corrected chi connectivity index (χ1v) is 34.8. The summed E-state index contributed by atoms with van der Waals surface area (Å²) in [5.74, 6) is -1.59. The van der Waals surface area contributed by atoms with Crippen LogP contribution in [-0.2, 0) is 87.5 Å². The average molecular weight is 1250 g/mol. The number of methoxy groups -OCH3 is 1. The van der Waals surface area contributed by atoms with Crippen molar-refractivity contribution < 1.29 is 58.1 Å². The quantitative estimate of drug-likeness (QED) is 0.0581. The van der Waals surface area contributed by atoms with Gasteiger partial charge < -0.3 is 34.1 Å². The number of anilines is 1. The van der Waals surface area contributed by atoms with Crippen molar-refractivity contribution in [1.82, 2.24) is 0 Å². The Morgan fingerprint density at radius 2 is 0.719 bits per heavy atom. The molecule has 4 spiro atoms. The molecule has 13 heteroatoms. The molecule has 10 atom stereocenters. The number of rotatable bonds is 10. The fraction of sp³-hybridized carbons (Fsp3) is 0.325. The monoisotopic (exact) mass is 1250 g/mol. The maximum Gasteiger partial charge on any atom is 0.284 e. The standard InChI is InChI=1S/C83H45NO12/c1-70(2,3)88-80-59-49-39-35-24-22-20-21-23(24)28-34-32-26(21)30-29-25(20)31-33-27(22)36-38(35)48(49)58-56-46(36)44(33)53-50-40(31)41(29)51-52-42(30)43(32)54-55-45(34)47(37(28)39)57(59)67-65(55)76(96-93-73(10,11)12)64(54)62(52)75(95-92-72(7,8)9)61(51)60(50)74(94-91-71(4,5)6)63(53)66(56)78(79(58,80)89-78)77(84-18-14-16-19(86-13)17-15-18)68(74)69(75)87-83(76,85)82(77)81(67,80)90-82/h14-17,84-85H,1-13H3/t74-,75+,76+,77-,78+,79+,80+,81+,82-,83-/m1/s1. The van der Waals surface area contributed by atoms with Gasteiger partial charge in [-0.2, -0.15) is 0 Å². The van der Waals surface area contributed by atoms with E-state index >= 15 is 5.11 Å². The van der Waals surface area contributed by atoms with Crippen molar-refractivity contribution >= 4 is 210 Å². The molecular weight excluding hydrogens is 1200 g/mol. The molecule has 10 aliphatic carbocycles. The Labute approximate surface area is 536 Å². The zero-order chi connectivity index (χ0) is 62.3. The highest BCUT2D eigenvalue weighted by Crippen LogP contribution is 3.05. The smallest absolute Gasteiger partial charge is 0.284 e. The highest BCUT2D eigenvalue weighted by Gasteiger charge is 3.18. The summed E-state index contributed by atoms with van der Waals surface area (Å²) < 4.78 is 42.1. The van der Waals surface area contributed by atoms with E-state index in [2.05, 4.69) is 79.8 Å². The Bertz CT molecular complexity index is 7870. The molecular formula is C83H45NO12. The second-order valence-electron chi connectivity index (χ2n) is 36.8. The van der Waals surface area contributed by atoms with E-state index in [0.29, 0.717) is 17.1 Å². The first kappa shape index (κ1) is 45.3.